The van der Waals surface area contributed by atoms with E-state index in [1.165, 1.54) is 12.1 Å². The smallest absolute Gasteiger partial charge is 0.326 e. The minimum atomic E-state index is -1.25. The summed E-state index contributed by atoms with van der Waals surface area (Å²) in [5.41, 5.74) is 12.2. The van der Waals surface area contributed by atoms with Crippen molar-refractivity contribution in [3.63, 3.8) is 0 Å². The fraction of sp³-hybridized carbons (Fsp3) is 0.615. The molecule has 0 saturated carbocycles. The number of phenolic OH excluding ortho intramolecular Hbond substituents is 1. The quantitative estimate of drug-likeness (QED) is 0.128. The van der Waals surface area contributed by atoms with Crippen LogP contribution in [0.15, 0.2) is 24.3 Å². The van der Waals surface area contributed by atoms with Crippen LogP contribution in [0.4, 0.5) is 0 Å². The molecule has 0 aromatic heterocycles. The minimum absolute atomic E-state index is 0.00572. The van der Waals surface area contributed by atoms with Crippen molar-refractivity contribution in [3.05, 3.63) is 29.8 Å². The molecule has 1 rings (SSSR count). The molecule has 0 spiro atoms. The topological polar surface area (TPSA) is 197 Å². The number of thioether (sulfide) groups is 1. The molecule has 1 aromatic carbocycles. The third kappa shape index (κ3) is 11.7. The molecule has 12 heteroatoms. The summed E-state index contributed by atoms with van der Waals surface area (Å²) in [5, 5.41) is 27.1. The Hall–Kier alpha value is -2.83. The van der Waals surface area contributed by atoms with E-state index in [1.54, 1.807) is 30.8 Å². The van der Waals surface area contributed by atoms with E-state index in [-0.39, 0.29) is 18.1 Å². The summed E-state index contributed by atoms with van der Waals surface area (Å²) in [7, 11) is 0. The Balaban J connectivity index is 3.01. The van der Waals surface area contributed by atoms with Crippen molar-refractivity contribution < 1.29 is 29.4 Å². The number of hydrogen-bond donors (Lipinski definition) is 7. The highest BCUT2D eigenvalue weighted by atomic mass is 32.2. The van der Waals surface area contributed by atoms with Gasteiger partial charge in [-0.2, -0.15) is 11.8 Å². The number of unbranched alkanes of at least 4 members (excludes halogenated alkanes) is 1. The number of benzene rings is 1. The number of carboxylic acid groups (broad SMARTS) is 1. The number of carbonyl (C=O) groups excluding carboxylic acids is 3. The number of carboxylic acids is 1. The SMILES string of the molecule is CCC(C)C(NC(=O)C(CCCCN)NC(=O)C(N)CCSC)C(=O)NC(Cc1ccc(O)cc1)C(=O)O. The van der Waals surface area contributed by atoms with Gasteiger partial charge in [0.25, 0.3) is 0 Å². The van der Waals surface area contributed by atoms with Gasteiger partial charge in [-0.05, 0) is 67.9 Å². The van der Waals surface area contributed by atoms with E-state index < -0.39 is 47.9 Å². The predicted molar refractivity (Wildman–Crippen MR) is 149 cm³/mol. The van der Waals surface area contributed by atoms with Gasteiger partial charge < -0.3 is 37.6 Å². The van der Waals surface area contributed by atoms with Crippen LogP contribution in [0.5, 0.6) is 5.75 Å². The zero-order valence-corrected chi connectivity index (χ0v) is 23.3. The van der Waals surface area contributed by atoms with Crippen molar-refractivity contribution in [2.75, 3.05) is 18.6 Å². The Kier molecular flexibility index (Phi) is 15.4. The highest BCUT2D eigenvalue weighted by Gasteiger charge is 2.32. The summed E-state index contributed by atoms with van der Waals surface area (Å²) in [4.78, 5) is 51.0. The molecule has 38 heavy (non-hydrogen) atoms. The van der Waals surface area contributed by atoms with Crippen molar-refractivity contribution in [1.29, 1.82) is 0 Å². The number of rotatable bonds is 18. The summed E-state index contributed by atoms with van der Waals surface area (Å²) >= 11 is 1.56. The normalized spacial score (nSPS) is 15.0. The standard InChI is InChI=1S/C26H43N5O6S/c1-4-16(2)22(25(35)30-21(26(36)37)15-17-8-10-18(32)11-9-17)31-24(34)20(7-5-6-13-27)29-23(33)19(28)12-14-38-3/h8-11,16,19-22,32H,4-7,12-15,27-28H2,1-3H3,(H,29,33)(H,30,35)(H,31,34)(H,36,37). The number of nitrogens with two attached hydrogens (primary N) is 2. The van der Waals surface area contributed by atoms with Gasteiger partial charge in [-0.1, -0.05) is 32.4 Å². The maximum Gasteiger partial charge on any atom is 0.326 e. The van der Waals surface area contributed by atoms with Crippen LogP contribution in [0, 0.1) is 5.92 Å². The highest BCUT2D eigenvalue weighted by Crippen LogP contribution is 2.14. The number of carbonyl (C=O) groups is 4. The van der Waals surface area contributed by atoms with Gasteiger partial charge in [0.1, 0.15) is 23.9 Å². The molecule has 214 valence electrons. The lowest BCUT2D eigenvalue weighted by Gasteiger charge is -2.28. The lowest BCUT2D eigenvalue weighted by molar-refractivity contribution is -0.142. The molecule has 0 heterocycles. The molecule has 0 aliphatic rings. The molecule has 9 N–H and O–H groups in total. The van der Waals surface area contributed by atoms with Gasteiger partial charge in [-0.25, -0.2) is 4.79 Å². The molecule has 0 bridgehead atoms. The van der Waals surface area contributed by atoms with Crippen LogP contribution in [0.2, 0.25) is 0 Å². The third-order valence-corrected chi connectivity index (χ3v) is 6.98. The van der Waals surface area contributed by atoms with E-state index in [9.17, 15) is 29.4 Å². The van der Waals surface area contributed by atoms with E-state index in [1.807, 2.05) is 13.2 Å². The highest BCUT2D eigenvalue weighted by molar-refractivity contribution is 7.98. The average Bonchev–Trinajstić information content (AvgIpc) is 2.89. The van der Waals surface area contributed by atoms with Gasteiger partial charge in [0.2, 0.25) is 17.7 Å². The first-order chi connectivity index (χ1) is 18.0. The fourth-order valence-corrected chi connectivity index (χ4v) is 4.19. The largest absolute Gasteiger partial charge is 0.508 e. The van der Waals surface area contributed by atoms with E-state index in [4.69, 9.17) is 11.5 Å². The molecular weight excluding hydrogens is 510 g/mol. The number of amides is 3. The van der Waals surface area contributed by atoms with Crippen LogP contribution < -0.4 is 27.4 Å². The lowest BCUT2D eigenvalue weighted by Crippen LogP contribution is -2.58. The number of hydrogen-bond acceptors (Lipinski definition) is 8. The molecule has 0 fully saturated rings. The lowest BCUT2D eigenvalue weighted by atomic mass is 9.96. The Morgan fingerprint density at radius 2 is 1.58 bits per heavy atom. The second-order valence-corrected chi connectivity index (χ2v) is 10.4. The molecule has 5 atom stereocenters. The van der Waals surface area contributed by atoms with Crippen LogP contribution >= 0.6 is 11.8 Å². The second kappa shape index (κ2) is 17.6. The molecule has 0 aliphatic heterocycles. The third-order valence-electron chi connectivity index (χ3n) is 6.33. The molecule has 0 aliphatic carbocycles. The Labute approximate surface area is 228 Å². The Morgan fingerprint density at radius 3 is 2.13 bits per heavy atom. The predicted octanol–water partition coefficient (Wildman–Crippen LogP) is 0.729. The molecule has 0 saturated heterocycles. The molecule has 5 unspecified atom stereocenters. The first-order valence-electron chi connectivity index (χ1n) is 12.9. The number of aliphatic carboxylic acids is 1. The molecule has 1 aromatic rings. The minimum Gasteiger partial charge on any atom is -0.508 e. The van der Waals surface area contributed by atoms with Gasteiger partial charge >= 0.3 is 5.97 Å². The van der Waals surface area contributed by atoms with Crippen LogP contribution in [0.1, 0.15) is 51.5 Å². The summed E-state index contributed by atoms with van der Waals surface area (Å²) in [5.74, 6) is -2.43. The van der Waals surface area contributed by atoms with Crippen molar-refractivity contribution in [2.45, 2.75) is 76.5 Å². The van der Waals surface area contributed by atoms with E-state index in [0.717, 1.165) is 0 Å². The number of nitrogens with one attached hydrogen (secondary N) is 3. The first kappa shape index (κ1) is 33.2. The Morgan fingerprint density at radius 1 is 0.947 bits per heavy atom. The van der Waals surface area contributed by atoms with Crippen molar-refractivity contribution in [2.24, 2.45) is 17.4 Å². The van der Waals surface area contributed by atoms with Crippen LogP contribution in [-0.4, -0.2) is 76.6 Å². The molecule has 11 nitrogen and oxygen atoms in total. The van der Waals surface area contributed by atoms with E-state index >= 15 is 0 Å². The van der Waals surface area contributed by atoms with Crippen LogP contribution in [-0.2, 0) is 25.6 Å². The summed E-state index contributed by atoms with van der Waals surface area (Å²) in [6.07, 6.45) is 4.46. The van der Waals surface area contributed by atoms with Crippen molar-refractivity contribution >= 4 is 35.5 Å². The number of aromatic hydroxyl groups is 1. The van der Waals surface area contributed by atoms with Gasteiger partial charge in [-0.3, -0.25) is 14.4 Å². The summed E-state index contributed by atoms with van der Waals surface area (Å²) in [6, 6.07) is 2.07. The van der Waals surface area contributed by atoms with E-state index in [2.05, 4.69) is 16.0 Å². The van der Waals surface area contributed by atoms with E-state index in [0.29, 0.717) is 50.0 Å². The summed E-state index contributed by atoms with van der Waals surface area (Å²) in [6.45, 7) is 4.07. The van der Waals surface area contributed by atoms with Gasteiger partial charge in [0.05, 0.1) is 6.04 Å². The first-order valence-corrected chi connectivity index (χ1v) is 14.3. The van der Waals surface area contributed by atoms with Crippen LogP contribution in [0.3, 0.4) is 0 Å². The Bertz CT molecular complexity index is 901. The summed E-state index contributed by atoms with van der Waals surface area (Å²) < 4.78 is 0. The maximum absolute atomic E-state index is 13.3. The van der Waals surface area contributed by atoms with Crippen molar-refractivity contribution in [3.8, 4) is 5.75 Å². The molecule has 0 radical (unpaired) electrons. The second-order valence-electron chi connectivity index (χ2n) is 9.38. The zero-order valence-electron chi connectivity index (χ0n) is 22.4. The zero-order chi connectivity index (χ0) is 28.7. The van der Waals surface area contributed by atoms with Gasteiger partial charge in [-0.15, -0.1) is 0 Å². The maximum atomic E-state index is 13.3. The fourth-order valence-electron chi connectivity index (χ4n) is 3.70. The monoisotopic (exact) mass is 553 g/mol. The van der Waals surface area contributed by atoms with Crippen molar-refractivity contribution in [1.82, 2.24) is 16.0 Å². The number of phenols is 1. The van der Waals surface area contributed by atoms with Crippen LogP contribution in [0.25, 0.3) is 0 Å². The average molecular weight is 554 g/mol. The van der Waals surface area contributed by atoms with Gasteiger partial charge in [0.15, 0.2) is 0 Å². The molecular formula is C26H43N5O6S. The molecule has 3 amide bonds. The van der Waals surface area contributed by atoms with Gasteiger partial charge in [0, 0.05) is 6.42 Å².